The molecule has 6 heteroatoms. The molecule has 18 heavy (non-hydrogen) atoms. The van der Waals surface area contributed by atoms with Gasteiger partial charge >= 0.3 is 0 Å². The van der Waals surface area contributed by atoms with E-state index in [-0.39, 0.29) is 17.6 Å². The molecule has 1 aromatic heterocycles. The molecule has 1 fully saturated rings. The molecule has 98 valence electrons. The molecule has 0 aliphatic carbocycles. The summed E-state index contributed by atoms with van der Waals surface area (Å²) in [5, 5.41) is 5.67. The smallest absolute Gasteiger partial charge is 0.269 e. The monoisotopic (exact) mass is 252 g/mol. The molecule has 0 saturated carbocycles. The molecule has 1 saturated heterocycles. The van der Waals surface area contributed by atoms with Gasteiger partial charge in [-0.2, -0.15) is 4.39 Å². The lowest BCUT2D eigenvalue weighted by atomic mass is 10.2. The third kappa shape index (κ3) is 2.43. The van der Waals surface area contributed by atoms with Crippen LogP contribution in [0.15, 0.2) is 12.1 Å². The lowest BCUT2D eigenvalue weighted by Crippen LogP contribution is -2.50. The van der Waals surface area contributed by atoms with Gasteiger partial charge in [-0.15, -0.1) is 0 Å². The third-order valence-corrected chi connectivity index (χ3v) is 3.10. The molecule has 0 bridgehead atoms. The van der Waals surface area contributed by atoms with E-state index in [0.29, 0.717) is 5.69 Å². The first-order chi connectivity index (χ1) is 8.63. The minimum atomic E-state index is -0.593. The van der Waals surface area contributed by atoms with E-state index in [0.717, 1.165) is 19.6 Å². The fraction of sp³-hybridized carbons (Fsp3) is 0.500. The number of anilines is 1. The highest BCUT2D eigenvalue weighted by atomic mass is 19.1. The van der Waals surface area contributed by atoms with Gasteiger partial charge in [-0.05, 0) is 19.1 Å². The van der Waals surface area contributed by atoms with Crippen LogP contribution in [0.25, 0.3) is 0 Å². The first-order valence-corrected chi connectivity index (χ1v) is 5.99. The van der Waals surface area contributed by atoms with Crippen molar-refractivity contribution in [3.63, 3.8) is 0 Å². The fourth-order valence-corrected chi connectivity index (χ4v) is 2.09. The van der Waals surface area contributed by atoms with E-state index in [1.807, 2.05) is 11.8 Å². The maximum atomic E-state index is 14.0. The minimum Gasteiger partial charge on any atom is -0.363 e. The van der Waals surface area contributed by atoms with Gasteiger partial charge in [-0.1, -0.05) is 0 Å². The Hall–Kier alpha value is -1.69. The zero-order valence-corrected chi connectivity index (χ0v) is 10.5. The number of halogens is 1. The second-order valence-corrected chi connectivity index (χ2v) is 4.33. The zero-order valence-electron chi connectivity index (χ0n) is 10.5. The molecule has 1 amide bonds. The van der Waals surface area contributed by atoms with Crippen molar-refractivity contribution in [2.24, 2.45) is 0 Å². The van der Waals surface area contributed by atoms with Gasteiger partial charge in [0.05, 0.1) is 5.69 Å². The Morgan fingerprint density at radius 3 is 3.00 bits per heavy atom. The summed E-state index contributed by atoms with van der Waals surface area (Å²) in [5.74, 6) is -0.973. The summed E-state index contributed by atoms with van der Waals surface area (Å²) in [4.78, 5) is 17.0. The summed E-state index contributed by atoms with van der Waals surface area (Å²) in [7, 11) is 1.49. The van der Waals surface area contributed by atoms with Crippen LogP contribution >= 0.6 is 0 Å². The van der Waals surface area contributed by atoms with Gasteiger partial charge in [0.15, 0.2) is 0 Å². The third-order valence-electron chi connectivity index (χ3n) is 3.10. The number of aromatic nitrogens is 1. The van der Waals surface area contributed by atoms with Crippen LogP contribution in [0.4, 0.5) is 10.1 Å². The number of carbonyl (C=O) groups excluding carboxylic acids is 1. The van der Waals surface area contributed by atoms with Crippen molar-refractivity contribution in [3.05, 3.63) is 23.8 Å². The second kappa shape index (κ2) is 5.30. The summed E-state index contributed by atoms with van der Waals surface area (Å²) in [5.41, 5.74) is 0.554. The van der Waals surface area contributed by atoms with Gasteiger partial charge in [0.1, 0.15) is 5.69 Å². The van der Waals surface area contributed by atoms with Gasteiger partial charge in [0, 0.05) is 32.7 Å². The van der Waals surface area contributed by atoms with E-state index in [1.54, 1.807) is 12.1 Å². The number of nitrogens with one attached hydrogen (secondary N) is 2. The molecule has 1 atom stereocenters. The quantitative estimate of drug-likeness (QED) is 0.747. The van der Waals surface area contributed by atoms with Crippen molar-refractivity contribution in [3.8, 4) is 0 Å². The van der Waals surface area contributed by atoms with Gasteiger partial charge in [-0.25, -0.2) is 4.98 Å². The second-order valence-electron chi connectivity index (χ2n) is 4.33. The number of amides is 1. The van der Waals surface area contributed by atoms with Gasteiger partial charge in [-0.3, -0.25) is 4.79 Å². The fourth-order valence-electron chi connectivity index (χ4n) is 2.09. The maximum Gasteiger partial charge on any atom is 0.269 e. The van der Waals surface area contributed by atoms with Crippen LogP contribution in [0.2, 0.25) is 0 Å². The van der Waals surface area contributed by atoms with Crippen LogP contribution in [0.1, 0.15) is 17.4 Å². The standard InChI is InChI=1S/C12H17FN4O/c1-8-7-15-5-6-17(8)10-4-3-9(12(18)14-2)16-11(10)13/h3-4,8,15H,5-7H2,1-2H3,(H,14,18)/t8-/m1/s1. The van der Waals surface area contributed by atoms with E-state index in [2.05, 4.69) is 15.6 Å². The Balaban J connectivity index is 2.26. The van der Waals surface area contributed by atoms with Crippen LogP contribution in [0.5, 0.6) is 0 Å². The topological polar surface area (TPSA) is 57.3 Å². The zero-order chi connectivity index (χ0) is 13.1. The van der Waals surface area contributed by atoms with Gasteiger partial charge < -0.3 is 15.5 Å². The van der Waals surface area contributed by atoms with E-state index in [4.69, 9.17) is 0 Å². The first-order valence-electron chi connectivity index (χ1n) is 5.99. The number of rotatable bonds is 2. The predicted molar refractivity (Wildman–Crippen MR) is 67.3 cm³/mol. The molecule has 5 nitrogen and oxygen atoms in total. The number of pyridine rings is 1. The summed E-state index contributed by atoms with van der Waals surface area (Å²) in [6.07, 6.45) is 0. The van der Waals surface area contributed by atoms with Crippen molar-refractivity contribution in [1.82, 2.24) is 15.6 Å². The highest BCUT2D eigenvalue weighted by molar-refractivity contribution is 5.92. The Labute approximate surface area is 105 Å². The van der Waals surface area contributed by atoms with Gasteiger partial charge in [0.25, 0.3) is 5.91 Å². The van der Waals surface area contributed by atoms with Crippen molar-refractivity contribution in [2.75, 3.05) is 31.6 Å². The number of nitrogens with zero attached hydrogens (tertiary/aromatic N) is 2. The van der Waals surface area contributed by atoms with Crippen molar-refractivity contribution in [1.29, 1.82) is 0 Å². The summed E-state index contributed by atoms with van der Waals surface area (Å²) in [6.45, 7) is 4.40. The Morgan fingerprint density at radius 1 is 1.61 bits per heavy atom. The molecule has 1 aliphatic heterocycles. The van der Waals surface area contributed by atoms with Crippen molar-refractivity contribution < 1.29 is 9.18 Å². The van der Waals surface area contributed by atoms with Crippen LogP contribution in [-0.2, 0) is 0 Å². The largest absolute Gasteiger partial charge is 0.363 e. The highest BCUT2D eigenvalue weighted by Crippen LogP contribution is 2.21. The molecular formula is C12H17FN4O. The van der Waals surface area contributed by atoms with Gasteiger partial charge in [0.2, 0.25) is 5.95 Å². The average Bonchev–Trinajstić information content (AvgIpc) is 2.39. The molecule has 0 spiro atoms. The first kappa shape index (κ1) is 12.8. The average molecular weight is 252 g/mol. The van der Waals surface area contributed by atoms with Crippen LogP contribution in [0, 0.1) is 5.95 Å². The Bertz CT molecular complexity index is 452. The number of hydrogen-bond donors (Lipinski definition) is 2. The number of hydrogen-bond acceptors (Lipinski definition) is 4. The van der Waals surface area contributed by atoms with Crippen LogP contribution < -0.4 is 15.5 Å². The summed E-state index contributed by atoms with van der Waals surface area (Å²) >= 11 is 0. The normalized spacial score (nSPS) is 19.7. The van der Waals surface area contributed by atoms with Crippen LogP contribution in [0.3, 0.4) is 0 Å². The SMILES string of the molecule is CNC(=O)c1ccc(N2CCNC[C@H]2C)c(F)n1. The molecule has 0 aromatic carbocycles. The molecule has 1 aliphatic rings. The van der Waals surface area contributed by atoms with Crippen molar-refractivity contribution in [2.45, 2.75) is 13.0 Å². The minimum absolute atomic E-state index is 0.0986. The Morgan fingerprint density at radius 2 is 2.39 bits per heavy atom. The van der Waals surface area contributed by atoms with Crippen molar-refractivity contribution >= 4 is 11.6 Å². The molecular weight excluding hydrogens is 235 g/mol. The molecule has 0 radical (unpaired) electrons. The van der Waals surface area contributed by atoms with E-state index >= 15 is 0 Å². The molecule has 2 rings (SSSR count). The Kier molecular flexibility index (Phi) is 3.76. The number of piperazine rings is 1. The molecule has 1 aromatic rings. The lowest BCUT2D eigenvalue weighted by molar-refractivity contribution is 0.0957. The summed E-state index contributed by atoms with van der Waals surface area (Å²) < 4.78 is 14.0. The van der Waals surface area contributed by atoms with E-state index < -0.39 is 5.95 Å². The van der Waals surface area contributed by atoms with E-state index in [1.165, 1.54) is 7.05 Å². The predicted octanol–water partition coefficient (Wildman–Crippen LogP) is 0.378. The molecule has 0 unspecified atom stereocenters. The summed E-state index contributed by atoms with van der Waals surface area (Å²) in [6, 6.07) is 3.38. The van der Waals surface area contributed by atoms with Crippen LogP contribution in [-0.4, -0.2) is 43.6 Å². The number of carbonyl (C=O) groups is 1. The molecule has 2 heterocycles. The van der Waals surface area contributed by atoms with E-state index in [9.17, 15) is 9.18 Å². The maximum absolute atomic E-state index is 14.0. The lowest BCUT2D eigenvalue weighted by Gasteiger charge is -2.35. The highest BCUT2D eigenvalue weighted by Gasteiger charge is 2.22. The molecule has 2 N–H and O–H groups in total.